The van der Waals surface area contributed by atoms with Crippen LogP contribution in [0.4, 0.5) is 0 Å². The lowest BCUT2D eigenvalue weighted by molar-refractivity contribution is 0.406. The van der Waals surface area contributed by atoms with Crippen molar-refractivity contribution in [2.75, 3.05) is 23.0 Å². The predicted octanol–water partition coefficient (Wildman–Crippen LogP) is 2.93. The molecule has 10 heteroatoms. The highest BCUT2D eigenvalue weighted by molar-refractivity contribution is 7.92. The first-order valence-electron chi connectivity index (χ1n) is 10.6. The van der Waals surface area contributed by atoms with Gasteiger partial charge in [0.05, 0.1) is 12.5 Å². The van der Waals surface area contributed by atoms with Crippen LogP contribution in [0.25, 0.3) is 0 Å². The van der Waals surface area contributed by atoms with Crippen molar-refractivity contribution in [2.45, 2.75) is 57.8 Å². The Labute approximate surface area is 199 Å². The first-order valence-corrected chi connectivity index (χ1v) is 13.6. The van der Waals surface area contributed by atoms with Crippen LogP contribution >= 0.6 is 0 Å². The van der Waals surface area contributed by atoms with E-state index in [-0.39, 0.29) is 0 Å². The Kier molecular flexibility index (Phi) is 9.54. The van der Waals surface area contributed by atoms with Crippen molar-refractivity contribution in [1.82, 2.24) is 0 Å². The summed E-state index contributed by atoms with van der Waals surface area (Å²) in [6.07, 6.45) is 6.07. The highest BCUT2D eigenvalue weighted by Crippen LogP contribution is 2.27. The largest absolute Gasteiger partial charge is 0.616 e. The fourth-order valence-electron chi connectivity index (χ4n) is 3.35. The molecule has 2 aromatic heterocycles. The van der Waals surface area contributed by atoms with Gasteiger partial charge in [-0.15, -0.1) is 0 Å². The van der Waals surface area contributed by atoms with Crippen molar-refractivity contribution in [1.29, 1.82) is 0 Å². The van der Waals surface area contributed by atoms with Crippen molar-refractivity contribution < 1.29 is 28.2 Å². The average Bonchev–Trinajstić information content (AvgIpc) is 2.74. The van der Waals surface area contributed by atoms with Gasteiger partial charge < -0.3 is 28.2 Å². The second-order valence-corrected chi connectivity index (χ2v) is 12.7. The van der Waals surface area contributed by atoms with E-state index in [9.17, 15) is 28.9 Å². The Bertz CT molecular complexity index is 946. The van der Waals surface area contributed by atoms with Crippen LogP contribution in [0.5, 0.6) is 11.5 Å². The zero-order chi connectivity index (χ0) is 24.8. The molecule has 8 nitrogen and oxygen atoms in total. The Balaban J connectivity index is 1.77. The summed E-state index contributed by atoms with van der Waals surface area (Å²) >= 11 is -2.27. The van der Waals surface area contributed by atoms with E-state index in [1.807, 2.05) is 27.7 Å². The van der Waals surface area contributed by atoms with Gasteiger partial charge in [-0.25, -0.2) is 0 Å². The number of hydrogen-bond acceptors (Lipinski definition) is 8. The second-order valence-electron chi connectivity index (χ2n) is 9.32. The molecule has 0 aliphatic heterocycles. The van der Waals surface area contributed by atoms with Gasteiger partial charge in [-0.3, -0.25) is 9.59 Å². The lowest BCUT2D eigenvalue weighted by Gasteiger charge is -2.25. The fourth-order valence-corrected chi connectivity index (χ4v) is 6.35. The number of aromatic hydroxyl groups is 2. The van der Waals surface area contributed by atoms with Gasteiger partial charge in [0.1, 0.15) is 35.5 Å². The first kappa shape index (κ1) is 27.4. The molecule has 2 unspecified atom stereocenters. The van der Waals surface area contributed by atoms with Gasteiger partial charge in [-0.2, -0.15) is 0 Å². The van der Waals surface area contributed by atoms with Gasteiger partial charge in [-0.05, 0) is 0 Å². The van der Waals surface area contributed by atoms with E-state index in [1.165, 1.54) is 12.5 Å². The van der Waals surface area contributed by atoms with E-state index in [4.69, 9.17) is 8.83 Å². The van der Waals surface area contributed by atoms with Crippen molar-refractivity contribution in [3.63, 3.8) is 0 Å². The Morgan fingerprint density at radius 2 is 1.09 bits per heavy atom. The van der Waals surface area contributed by atoms with Crippen LogP contribution in [-0.4, -0.2) is 42.3 Å². The molecule has 0 spiro atoms. The van der Waals surface area contributed by atoms with Gasteiger partial charge in [0.25, 0.3) is 0 Å². The zero-order valence-corrected chi connectivity index (χ0v) is 21.1. The molecule has 0 radical (unpaired) electrons. The van der Waals surface area contributed by atoms with Crippen LogP contribution in [0.1, 0.15) is 58.1 Å². The quantitative estimate of drug-likeness (QED) is 0.423. The van der Waals surface area contributed by atoms with E-state index in [2.05, 4.69) is 0 Å². The molecule has 0 aromatic carbocycles. The molecular weight excluding hydrogens is 468 g/mol. The van der Waals surface area contributed by atoms with Crippen LogP contribution in [0, 0.1) is 0 Å². The molecule has 0 amide bonds. The van der Waals surface area contributed by atoms with Gasteiger partial charge in [0.15, 0.2) is 11.5 Å². The third-order valence-corrected chi connectivity index (χ3v) is 8.60. The summed E-state index contributed by atoms with van der Waals surface area (Å²) < 4.78 is 34.8. The molecule has 2 N–H and O–H groups in total. The molecule has 0 saturated heterocycles. The van der Waals surface area contributed by atoms with Crippen LogP contribution in [0.2, 0.25) is 0 Å². The Hall–Kier alpha value is -1.88. The maximum absolute atomic E-state index is 12.4. The molecular formula is C23H32O8S2. The number of rotatable bonds is 12. The summed E-state index contributed by atoms with van der Waals surface area (Å²) in [5, 5.41) is 19.1. The Morgan fingerprint density at radius 1 is 0.727 bits per heavy atom. The lowest BCUT2D eigenvalue weighted by Crippen LogP contribution is -2.29. The van der Waals surface area contributed by atoms with Gasteiger partial charge >= 0.3 is 0 Å². The minimum atomic E-state index is -1.14. The highest BCUT2D eigenvalue weighted by atomic mass is 32.2. The molecule has 0 aliphatic rings. The second kappa shape index (κ2) is 11.5. The fraction of sp³-hybridized carbons (Fsp3) is 0.565. The van der Waals surface area contributed by atoms with E-state index >= 15 is 0 Å². The molecule has 2 heterocycles. The minimum absolute atomic E-state index is 0.337. The monoisotopic (exact) mass is 500 g/mol. The lowest BCUT2D eigenvalue weighted by atomic mass is 9.83. The van der Waals surface area contributed by atoms with Crippen molar-refractivity contribution in [3.8, 4) is 11.5 Å². The molecule has 2 aromatic rings. The van der Waals surface area contributed by atoms with E-state index < -0.39 is 55.5 Å². The molecule has 0 bridgehead atoms. The molecule has 0 saturated carbocycles. The first-order chi connectivity index (χ1) is 15.3. The molecule has 2 atom stereocenters. The SMILES string of the molecule is CC(C)(CC[S+]([O-])CCC[S+]([O-])CCC(C)(C)c1cocc(O)c1=O)c1cocc(O)c1=O. The summed E-state index contributed by atoms with van der Waals surface area (Å²) in [7, 11) is 0. The molecule has 0 fully saturated rings. The smallest absolute Gasteiger partial charge is 0.230 e. The summed E-state index contributed by atoms with van der Waals surface area (Å²) in [5.74, 6) is 0.644. The van der Waals surface area contributed by atoms with Crippen molar-refractivity contribution in [2.24, 2.45) is 0 Å². The van der Waals surface area contributed by atoms with Crippen LogP contribution in [-0.2, 0) is 33.2 Å². The van der Waals surface area contributed by atoms with Crippen molar-refractivity contribution in [3.05, 3.63) is 56.6 Å². The molecule has 33 heavy (non-hydrogen) atoms. The maximum Gasteiger partial charge on any atom is 0.230 e. The average molecular weight is 501 g/mol. The maximum atomic E-state index is 12.4. The third kappa shape index (κ3) is 7.56. The Morgan fingerprint density at radius 3 is 1.45 bits per heavy atom. The van der Waals surface area contributed by atoms with Gasteiger partial charge in [0, 0.05) is 41.2 Å². The van der Waals surface area contributed by atoms with Crippen LogP contribution in [0.15, 0.2) is 43.5 Å². The zero-order valence-electron chi connectivity index (χ0n) is 19.4. The summed E-state index contributed by atoms with van der Waals surface area (Å²) in [5.41, 5.74) is -1.52. The van der Waals surface area contributed by atoms with Crippen LogP contribution < -0.4 is 10.9 Å². The molecule has 2 rings (SSSR count). The number of hydrogen-bond donors (Lipinski definition) is 2. The molecule has 184 valence electrons. The van der Waals surface area contributed by atoms with E-state index in [0.717, 1.165) is 12.5 Å². The minimum Gasteiger partial charge on any atom is -0.616 e. The standard InChI is InChI=1S/C23H32O8S2/c1-22(2,16-12-30-14-18(24)20(16)26)6-10-32(28)8-5-9-33(29)11-7-23(3,4)17-13-31-15-19(25)21(17)27/h12-15,24-25H,5-11H2,1-4H3. The predicted molar refractivity (Wildman–Crippen MR) is 129 cm³/mol. The summed E-state index contributed by atoms with van der Waals surface area (Å²) in [6.45, 7) is 7.33. The van der Waals surface area contributed by atoms with E-state index in [0.29, 0.717) is 53.4 Å². The summed E-state index contributed by atoms with van der Waals surface area (Å²) in [6, 6.07) is 0. The topological polar surface area (TPSA) is 147 Å². The van der Waals surface area contributed by atoms with Crippen LogP contribution in [0.3, 0.4) is 0 Å². The molecule has 0 aliphatic carbocycles. The summed E-state index contributed by atoms with van der Waals surface area (Å²) in [4.78, 5) is 24.2. The normalized spacial score (nSPS) is 14.2. The van der Waals surface area contributed by atoms with Gasteiger partial charge in [0.2, 0.25) is 10.9 Å². The highest BCUT2D eigenvalue weighted by Gasteiger charge is 2.29. The third-order valence-electron chi connectivity index (χ3n) is 5.80. The van der Waals surface area contributed by atoms with Crippen molar-refractivity contribution >= 4 is 22.4 Å². The van der Waals surface area contributed by atoms with Gasteiger partial charge in [-0.1, -0.05) is 50.0 Å². The van der Waals surface area contributed by atoms with E-state index in [1.54, 1.807) is 0 Å².